The van der Waals surface area contributed by atoms with Crippen LogP contribution >= 0.6 is 31.9 Å². The molecule has 1 N–H and O–H groups in total. The third-order valence-electron chi connectivity index (χ3n) is 4.81. The van der Waals surface area contributed by atoms with Crippen molar-refractivity contribution in [1.82, 2.24) is 5.01 Å². The molecule has 2 aliphatic heterocycles. The Morgan fingerprint density at radius 3 is 2.59 bits per heavy atom. The first-order valence-corrected chi connectivity index (χ1v) is 10.0. The maximum Gasteiger partial charge on any atom is 0.217 e. The van der Waals surface area contributed by atoms with Gasteiger partial charge < -0.3 is 14.3 Å². The van der Waals surface area contributed by atoms with Crippen LogP contribution in [0.2, 0.25) is 0 Å². The molecule has 5 nitrogen and oxygen atoms in total. The summed E-state index contributed by atoms with van der Waals surface area (Å²) in [6.45, 7) is 0. The molecule has 2 atom stereocenters. The molecule has 0 radical (unpaired) electrons. The first-order valence-electron chi connectivity index (χ1n) is 8.44. The summed E-state index contributed by atoms with van der Waals surface area (Å²) in [5, 5.41) is 17.2. The van der Waals surface area contributed by atoms with Crippen LogP contribution in [0, 0.1) is 0 Å². The standard InChI is InChI=1S/C20H14Br2N2O3/c21-11-3-5-17(25)14(9-11)20-24-16(10-15(23-24)19-2-1-7-26-19)13-8-12(22)4-6-18(13)27-20/h1-9,16,20,25H,10H2/t16-,20+/m0/s1. The normalized spacial score (nSPS) is 20.7. The van der Waals surface area contributed by atoms with Gasteiger partial charge in [-0.15, -0.1) is 0 Å². The summed E-state index contributed by atoms with van der Waals surface area (Å²) in [4.78, 5) is 0. The van der Waals surface area contributed by atoms with Crippen molar-refractivity contribution in [3.8, 4) is 11.5 Å². The molecule has 0 spiro atoms. The minimum Gasteiger partial charge on any atom is -0.507 e. The Balaban J connectivity index is 1.65. The Morgan fingerprint density at radius 2 is 1.81 bits per heavy atom. The van der Waals surface area contributed by atoms with Gasteiger partial charge in [-0.1, -0.05) is 31.9 Å². The number of nitrogens with zero attached hydrogens (tertiary/aromatic N) is 2. The smallest absolute Gasteiger partial charge is 0.217 e. The SMILES string of the molecule is Oc1ccc(Br)cc1[C@H]1Oc2ccc(Br)cc2[C@@H]2CC(c3ccco3)=NN12. The largest absolute Gasteiger partial charge is 0.507 e. The van der Waals surface area contributed by atoms with Crippen molar-refractivity contribution in [1.29, 1.82) is 0 Å². The fourth-order valence-corrected chi connectivity index (χ4v) is 4.34. The number of halogens is 2. The highest BCUT2D eigenvalue weighted by Crippen LogP contribution is 2.49. The molecule has 0 saturated carbocycles. The van der Waals surface area contributed by atoms with E-state index in [1.165, 1.54) is 0 Å². The molecular formula is C20H14Br2N2O3. The maximum atomic E-state index is 10.4. The molecule has 5 rings (SSSR count). The van der Waals surface area contributed by atoms with Gasteiger partial charge in [0.2, 0.25) is 6.23 Å². The third-order valence-corrected chi connectivity index (χ3v) is 5.80. The average Bonchev–Trinajstić information content (AvgIpc) is 3.32. The molecule has 3 aromatic rings. The molecule has 0 aliphatic carbocycles. The summed E-state index contributed by atoms with van der Waals surface area (Å²) in [6.07, 6.45) is 1.81. The van der Waals surface area contributed by atoms with E-state index in [0.29, 0.717) is 12.0 Å². The van der Waals surface area contributed by atoms with Crippen molar-refractivity contribution in [2.24, 2.45) is 5.10 Å². The molecular weight excluding hydrogens is 476 g/mol. The highest BCUT2D eigenvalue weighted by atomic mass is 79.9. The Bertz CT molecular complexity index is 1050. The predicted octanol–water partition coefficient (Wildman–Crippen LogP) is 5.75. The number of hydrogen-bond donors (Lipinski definition) is 1. The Labute approximate surface area is 172 Å². The van der Waals surface area contributed by atoms with Gasteiger partial charge in [-0.25, -0.2) is 5.01 Å². The fraction of sp³-hybridized carbons (Fsp3) is 0.150. The first-order chi connectivity index (χ1) is 13.1. The molecule has 7 heteroatoms. The maximum absolute atomic E-state index is 10.4. The van der Waals surface area contributed by atoms with Gasteiger partial charge in [-0.3, -0.25) is 0 Å². The summed E-state index contributed by atoms with van der Waals surface area (Å²) in [6, 6.07) is 15.0. The number of hydrogen-bond acceptors (Lipinski definition) is 5. The molecule has 136 valence electrons. The van der Waals surface area contributed by atoms with E-state index in [2.05, 4.69) is 37.9 Å². The van der Waals surface area contributed by atoms with Gasteiger partial charge >= 0.3 is 0 Å². The van der Waals surface area contributed by atoms with Crippen LogP contribution in [0.15, 0.2) is 73.3 Å². The monoisotopic (exact) mass is 488 g/mol. The summed E-state index contributed by atoms with van der Waals surface area (Å²) in [5.41, 5.74) is 2.58. The second-order valence-corrected chi connectivity index (χ2v) is 8.31. The Hall–Kier alpha value is -2.25. The van der Waals surface area contributed by atoms with Crippen molar-refractivity contribution in [3.63, 3.8) is 0 Å². The average molecular weight is 490 g/mol. The zero-order chi connectivity index (χ0) is 18.5. The van der Waals surface area contributed by atoms with Gasteiger partial charge in [-0.2, -0.15) is 5.10 Å². The first kappa shape index (κ1) is 16.9. The molecule has 0 bridgehead atoms. The van der Waals surface area contributed by atoms with Gasteiger partial charge in [0.15, 0.2) is 0 Å². The fourth-order valence-electron chi connectivity index (χ4n) is 3.58. The molecule has 27 heavy (non-hydrogen) atoms. The van der Waals surface area contributed by atoms with Crippen LogP contribution in [0.4, 0.5) is 0 Å². The van der Waals surface area contributed by atoms with Crippen molar-refractivity contribution >= 4 is 37.6 Å². The van der Waals surface area contributed by atoms with Gasteiger partial charge in [0.1, 0.15) is 23.0 Å². The van der Waals surface area contributed by atoms with Crippen LogP contribution in [0.3, 0.4) is 0 Å². The van der Waals surface area contributed by atoms with E-state index in [9.17, 15) is 5.11 Å². The molecule has 2 aromatic carbocycles. The van der Waals surface area contributed by atoms with Crippen LogP contribution in [0.25, 0.3) is 0 Å². The zero-order valence-corrected chi connectivity index (χ0v) is 17.1. The van der Waals surface area contributed by atoms with Crippen LogP contribution in [-0.2, 0) is 0 Å². The number of fused-ring (bicyclic) bond motifs is 3. The zero-order valence-electron chi connectivity index (χ0n) is 14.0. The molecule has 1 aromatic heterocycles. The lowest BCUT2D eigenvalue weighted by molar-refractivity contribution is -0.0204. The van der Waals surface area contributed by atoms with Crippen LogP contribution in [-0.4, -0.2) is 15.8 Å². The molecule has 2 aliphatic rings. The number of phenolic OH excluding ortho intramolecular Hbond substituents is 1. The summed E-state index contributed by atoms with van der Waals surface area (Å²) < 4.78 is 13.7. The van der Waals surface area contributed by atoms with E-state index in [4.69, 9.17) is 14.3 Å². The van der Waals surface area contributed by atoms with Gasteiger partial charge in [0.05, 0.1) is 17.9 Å². The molecule has 0 unspecified atom stereocenters. The highest BCUT2D eigenvalue weighted by Gasteiger charge is 2.42. The van der Waals surface area contributed by atoms with Crippen molar-refractivity contribution < 1.29 is 14.3 Å². The lowest BCUT2D eigenvalue weighted by Gasteiger charge is -2.38. The molecule has 3 heterocycles. The van der Waals surface area contributed by atoms with Gasteiger partial charge in [-0.05, 0) is 48.5 Å². The summed E-state index contributed by atoms with van der Waals surface area (Å²) in [7, 11) is 0. The second-order valence-electron chi connectivity index (χ2n) is 6.48. The topological polar surface area (TPSA) is 58.2 Å². The second kappa shape index (κ2) is 6.42. The van der Waals surface area contributed by atoms with E-state index in [1.807, 2.05) is 35.3 Å². The van der Waals surface area contributed by atoms with Crippen LogP contribution < -0.4 is 4.74 Å². The number of hydrazone groups is 1. The van der Waals surface area contributed by atoms with Crippen LogP contribution in [0.1, 0.15) is 35.6 Å². The van der Waals surface area contributed by atoms with Crippen molar-refractivity contribution in [2.45, 2.75) is 18.7 Å². The van der Waals surface area contributed by atoms with E-state index >= 15 is 0 Å². The van der Waals surface area contributed by atoms with E-state index in [1.54, 1.807) is 18.4 Å². The number of furan rings is 1. The minimum absolute atomic E-state index is 0.00488. The van der Waals surface area contributed by atoms with E-state index in [0.717, 1.165) is 31.7 Å². The number of rotatable bonds is 2. The number of aromatic hydroxyl groups is 1. The summed E-state index contributed by atoms with van der Waals surface area (Å²) in [5.74, 6) is 1.71. The number of phenols is 1. The molecule has 0 fully saturated rings. The summed E-state index contributed by atoms with van der Waals surface area (Å²) >= 11 is 7.02. The molecule has 0 saturated heterocycles. The van der Waals surface area contributed by atoms with E-state index < -0.39 is 6.23 Å². The van der Waals surface area contributed by atoms with Gasteiger partial charge in [0, 0.05) is 20.9 Å². The predicted molar refractivity (Wildman–Crippen MR) is 108 cm³/mol. The van der Waals surface area contributed by atoms with E-state index in [-0.39, 0.29) is 11.8 Å². The minimum atomic E-state index is -0.534. The number of benzene rings is 2. The molecule has 0 amide bonds. The Morgan fingerprint density at radius 1 is 1.04 bits per heavy atom. The van der Waals surface area contributed by atoms with Crippen LogP contribution in [0.5, 0.6) is 11.5 Å². The third kappa shape index (κ3) is 2.85. The Kier molecular flexibility index (Phi) is 4.02. The van der Waals surface area contributed by atoms with Crippen molar-refractivity contribution in [2.75, 3.05) is 0 Å². The quantitative estimate of drug-likeness (QED) is 0.497. The van der Waals surface area contributed by atoms with Crippen molar-refractivity contribution in [3.05, 3.63) is 80.6 Å². The lowest BCUT2D eigenvalue weighted by atomic mass is 9.97. The lowest BCUT2D eigenvalue weighted by Crippen LogP contribution is -2.33. The van der Waals surface area contributed by atoms with Gasteiger partial charge in [0.25, 0.3) is 0 Å². The highest BCUT2D eigenvalue weighted by molar-refractivity contribution is 9.10. The number of ether oxygens (including phenoxy) is 1.